The Bertz CT molecular complexity index is 930. The van der Waals surface area contributed by atoms with Crippen molar-refractivity contribution in [1.29, 1.82) is 0 Å². The van der Waals surface area contributed by atoms with Gasteiger partial charge in [-0.3, -0.25) is 0 Å². The van der Waals surface area contributed by atoms with Crippen LogP contribution in [0.15, 0.2) is 34.2 Å². The van der Waals surface area contributed by atoms with Crippen LogP contribution in [0.5, 0.6) is 0 Å². The lowest BCUT2D eigenvalue weighted by molar-refractivity contribution is -0.137. The summed E-state index contributed by atoms with van der Waals surface area (Å²) in [6.07, 6.45) is -1.34. The van der Waals surface area contributed by atoms with Crippen LogP contribution in [0.4, 0.5) is 13.2 Å². The number of nitrogens with zero attached hydrogens (tertiary/aromatic N) is 3. The summed E-state index contributed by atoms with van der Waals surface area (Å²) in [5, 5.41) is 6.24. The first kappa shape index (κ1) is 17.2. The molecule has 0 amide bonds. The van der Waals surface area contributed by atoms with Gasteiger partial charge in [0, 0.05) is 10.9 Å². The number of hydrogen-bond donors (Lipinski definition) is 1. The normalized spacial score (nSPS) is 16.5. The minimum atomic E-state index is -4.38. The summed E-state index contributed by atoms with van der Waals surface area (Å²) >= 11 is 1.28. The van der Waals surface area contributed by atoms with E-state index in [4.69, 9.17) is 10.3 Å². The molecule has 26 heavy (non-hydrogen) atoms. The zero-order valence-electron chi connectivity index (χ0n) is 13.6. The Morgan fingerprint density at radius 1 is 1.23 bits per heavy atom. The molecule has 1 saturated carbocycles. The summed E-state index contributed by atoms with van der Waals surface area (Å²) in [5.74, 6) is 0.907. The largest absolute Gasteiger partial charge is 0.416 e. The van der Waals surface area contributed by atoms with Crippen LogP contribution >= 0.6 is 11.3 Å². The molecule has 1 aromatic carbocycles. The van der Waals surface area contributed by atoms with Gasteiger partial charge in [-0.25, -0.2) is 4.98 Å². The van der Waals surface area contributed by atoms with Crippen LogP contribution in [-0.4, -0.2) is 15.1 Å². The third kappa shape index (κ3) is 3.24. The van der Waals surface area contributed by atoms with E-state index in [1.165, 1.54) is 17.4 Å². The van der Waals surface area contributed by atoms with E-state index in [0.29, 0.717) is 34.4 Å². The van der Waals surface area contributed by atoms with E-state index in [2.05, 4.69) is 15.1 Å². The number of rotatable bonds is 4. The Balaban J connectivity index is 1.52. The van der Waals surface area contributed by atoms with Gasteiger partial charge in [-0.2, -0.15) is 18.2 Å². The van der Waals surface area contributed by atoms with Gasteiger partial charge in [-0.1, -0.05) is 17.3 Å². The molecular formula is C17H15F3N4OS. The second-order valence-electron chi connectivity index (χ2n) is 6.42. The van der Waals surface area contributed by atoms with Crippen molar-refractivity contribution < 1.29 is 17.7 Å². The summed E-state index contributed by atoms with van der Waals surface area (Å²) in [7, 11) is 0. The first-order chi connectivity index (χ1) is 12.3. The molecule has 2 aromatic heterocycles. The van der Waals surface area contributed by atoms with Crippen LogP contribution in [0, 0.1) is 0 Å². The predicted octanol–water partition coefficient (Wildman–Crippen LogP) is 4.14. The molecule has 1 fully saturated rings. The summed E-state index contributed by atoms with van der Waals surface area (Å²) in [4.78, 5) is 8.74. The lowest BCUT2D eigenvalue weighted by Crippen LogP contribution is -2.44. The van der Waals surface area contributed by atoms with Crippen LogP contribution in [0.1, 0.15) is 42.2 Å². The topological polar surface area (TPSA) is 77.8 Å². The van der Waals surface area contributed by atoms with Crippen molar-refractivity contribution in [1.82, 2.24) is 15.1 Å². The second kappa shape index (κ2) is 6.17. The highest BCUT2D eigenvalue weighted by Crippen LogP contribution is 2.37. The van der Waals surface area contributed by atoms with Gasteiger partial charge in [0.1, 0.15) is 5.01 Å². The fourth-order valence-corrected chi connectivity index (χ4v) is 3.63. The fourth-order valence-electron chi connectivity index (χ4n) is 2.81. The van der Waals surface area contributed by atoms with Crippen molar-refractivity contribution in [3.8, 4) is 10.6 Å². The van der Waals surface area contributed by atoms with Gasteiger partial charge in [0.15, 0.2) is 5.82 Å². The molecule has 2 N–H and O–H groups in total. The predicted molar refractivity (Wildman–Crippen MR) is 89.4 cm³/mol. The number of alkyl halides is 3. The Morgan fingerprint density at radius 3 is 2.73 bits per heavy atom. The molecular weight excluding hydrogens is 365 g/mol. The Hall–Kier alpha value is -2.26. The minimum absolute atomic E-state index is 0.318. The van der Waals surface area contributed by atoms with Crippen molar-refractivity contribution >= 4 is 11.3 Å². The number of benzene rings is 1. The van der Waals surface area contributed by atoms with E-state index in [-0.39, 0.29) is 0 Å². The van der Waals surface area contributed by atoms with Gasteiger partial charge in [-0.05, 0) is 31.4 Å². The van der Waals surface area contributed by atoms with Crippen molar-refractivity contribution in [2.75, 3.05) is 0 Å². The van der Waals surface area contributed by atoms with E-state index >= 15 is 0 Å². The van der Waals surface area contributed by atoms with Gasteiger partial charge in [0.2, 0.25) is 5.89 Å². The van der Waals surface area contributed by atoms with Gasteiger partial charge in [-0.15, -0.1) is 11.3 Å². The van der Waals surface area contributed by atoms with Crippen LogP contribution in [0.3, 0.4) is 0 Å². The fraction of sp³-hybridized carbons (Fsp3) is 0.353. The molecule has 9 heteroatoms. The molecule has 0 atom stereocenters. The molecule has 0 aliphatic heterocycles. The molecule has 0 bridgehead atoms. The van der Waals surface area contributed by atoms with Crippen LogP contribution in [0.25, 0.3) is 10.6 Å². The van der Waals surface area contributed by atoms with Gasteiger partial charge >= 0.3 is 6.18 Å². The van der Waals surface area contributed by atoms with E-state index in [1.807, 2.05) is 0 Å². The highest BCUT2D eigenvalue weighted by molar-refractivity contribution is 7.13. The molecule has 0 spiro atoms. The maximum atomic E-state index is 12.9. The quantitative estimate of drug-likeness (QED) is 0.736. The highest BCUT2D eigenvalue weighted by atomic mass is 32.1. The Kier molecular flexibility index (Phi) is 4.07. The van der Waals surface area contributed by atoms with Crippen molar-refractivity contribution in [3.63, 3.8) is 0 Å². The maximum absolute atomic E-state index is 12.9. The molecule has 0 radical (unpaired) electrons. The number of thiazole rings is 1. The third-order valence-electron chi connectivity index (χ3n) is 4.48. The average Bonchev–Trinajstić information content (AvgIpc) is 3.22. The lowest BCUT2D eigenvalue weighted by atomic mass is 9.77. The Labute approximate surface area is 151 Å². The third-order valence-corrected chi connectivity index (χ3v) is 5.42. The number of aromatic nitrogens is 3. The van der Waals surface area contributed by atoms with E-state index < -0.39 is 17.3 Å². The monoisotopic (exact) mass is 380 g/mol. The van der Waals surface area contributed by atoms with E-state index in [9.17, 15) is 13.2 Å². The highest BCUT2D eigenvalue weighted by Gasteiger charge is 2.39. The molecule has 5 nitrogen and oxygen atoms in total. The first-order valence-electron chi connectivity index (χ1n) is 8.07. The lowest BCUT2D eigenvalue weighted by Gasteiger charge is -2.34. The zero-order chi connectivity index (χ0) is 18.4. The number of hydrogen-bond acceptors (Lipinski definition) is 6. The molecule has 0 saturated heterocycles. The van der Waals surface area contributed by atoms with Crippen LogP contribution in [0.2, 0.25) is 0 Å². The zero-order valence-corrected chi connectivity index (χ0v) is 14.4. The molecule has 136 valence electrons. The number of halogens is 3. The summed E-state index contributed by atoms with van der Waals surface area (Å²) in [5.41, 5.74) is 6.08. The van der Waals surface area contributed by atoms with Crippen LogP contribution < -0.4 is 5.73 Å². The molecule has 3 aromatic rings. The smallest absolute Gasteiger partial charge is 0.339 e. The molecule has 1 aliphatic carbocycles. The summed E-state index contributed by atoms with van der Waals surface area (Å²) in [6, 6.07) is 5.13. The molecule has 1 aliphatic rings. The summed E-state index contributed by atoms with van der Waals surface area (Å²) in [6.45, 7) is 0. The molecule has 0 unspecified atom stereocenters. The second-order valence-corrected chi connectivity index (χ2v) is 7.28. The van der Waals surface area contributed by atoms with Crippen molar-refractivity contribution in [2.45, 2.75) is 37.4 Å². The Morgan fingerprint density at radius 2 is 2.04 bits per heavy atom. The van der Waals surface area contributed by atoms with Crippen LogP contribution in [-0.2, 0) is 18.1 Å². The molecule has 4 rings (SSSR count). The van der Waals surface area contributed by atoms with Crippen molar-refractivity contribution in [3.05, 3.63) is 52.6 Å². The minimum Gasteiger partial charge on any atom is -0.339 e. The van der Waals surface area contributed by atoms with Crippen molar-refractivity contribution in [2.24, 2.45) is 5.73 Å². The van der Waals surface area contributed by atoms with E-state index in [1.54, 1.807) is 11.4 Å². The number of nitrogens with two attached hydrogens (primary N) is 1. The SMILES string of the molecule is NC1(c2noc(Cc3csc(-c4cccc(C(F)(F)F)c4)n3)n2)CCC1. The maximum Gasteiger partial charge on any atom is 0.416 e. The summed E-state index contributed by atoms with van der Waals surface area (Å²) < 4.78 is 43.8. The standard InChI is InChI=1S/C17H15F3N4OS/c18-17(19,20)11-4-1-3-10(7-11)14-22-12(9-26-14)8-13-23-15(24-25-13)16(21)5-2-6-16/h1,3-4,7,9H,2,5-6,8,21H2. The van der Waals surface area contributed by atoms with Gasteiger partial charge in [0.25, 0.3) is 0 Å². The molecule has 2 heterocycles. The van der Waals surface area contributed by atoms with Gasteiger partial charge < -0.3 is 10.3 Å². The van der Waals surface area contributed by atoms with E-state index in [0.717, 1.165) is 31.4 Å². The average molecular weight is 380 g/mol. The first-order valence-corrected chi connectivity index (χ1v) is 8.95. The van der Waals surface area contributed by atoms with Gasteiger partial charge in [0.05, 0.1) is 23.2 Å².